The highest BCUT2D eigenvalue weighted by Gasteiger charge is 2.20. The first-order valence-electron chi connectivity index (χ1n) is 14.6. The van der Waals surface area contributed by atoms with E-state index in [1.54, 1.807) is 24.3 Å². The van der Waals surface area contributed by atoms with Crippen LogP contribution in [0.5, 0.6) is 0 Å². The summed E-state index contributed by atoms with van der Waals surface area (Å²) in [7, 11) is -3.09. The standard InChI is InChI=1S/C32H43N3O6Si/c1-4-6-18-40-31(36)24-9-13-26(14-10-24)34-29-21-28(33-17-8-20-42(3,38)39)22-30(23-29)35-27-15-11-25(12-16-27)32(37)41-19-7-5-2/h9-16,21-23,33-35,38-39H,4-8,17-20H2,1-3H3. The Balaban J connectivity index is 1.73. The quantitative estimate of drug-likeness (QED) is 0.0641. The van der Waals surface area contributed by atoms with Crippen molar-refractivity contribution in [2.75, 3.05) is 35.7 Å². The normalized spacial score (nSPS) is 11.1. The van der Waals surface area contributed by atoms with Gasteiger partial charge in [0.05, 0.1) is 24.3 Å². The molecule has 0 aliphatic heterocycles. The van der Waals surface area contributed by atoms with E-state index < -0.39 is 8.56 Å². The molecule has 0 radical (unpaired) electrons. The van der Waals surface area contributed by atoms with Crippen LogP contribution in [0.1, 0.15) is 66.7 Å². The fourth-order valence-electron chi connectivity index (χ4n) is 4.03. The molecule has 0 fully saturated rings. The van der Waals surface area contributed by atoms with Gasteiger partial charge in [0, 0.05) is 35.0 Å². The van der Waals surface area contributed by atoms with Gasteiger partial charge in [-0.25, -0.2) is 9.59 Å². The van der Waals surface area contributed by atoms with Crippen LogP contribution in [-0.4, -0.2) is 49.8 Å². The van der Waals surface area contributed by atoms with E-state index in [1.807, 2.05) is 56.3 Å². The number of benzene rings is 3. The predicted molar refractivity (Wildman–Crippen MR) is 170 cm³/mol. The maximum absolute atomic E-state index is 12.2. The third-order valence-corrected chi connectivity index (χ3v) is 7.67. The molecule has 42 heavy (non-hydrogen) atoms. The van der Waals surface area contributed by atoms with E-state index in [2.05, 4.69) is 16.0 Å². The summed E-state index contributed by atoms with van der Waals surface area (Å²) in [6.45, 7) is 7.00. The first-order chi connectivity index (χ1) is 20.2. The van der Waals surface area contributed by atoms with Gasteiger partial charge in [0.2, 0.25) is 0 Å². The monoisotopic (exact) mass is 593 g/mol. The number of carbonyl (C=O) groups excluding carboxylic acids is 2. The SMILES string of the molecule is CCCCOC(=O)c1ccc(Nc2cc(NCCC[Si](C)(O)O)cc(Nc3ccc(C(=O)OCCCC)cc3)c2)cc1. The van der Waals surface area contributed by atoms with Crippen LogP contribution < -0.4 is 16.0 Å². The largest absolute Gasteiger partial charge is 0.462 e. The molecular weight excluding hydrogens is 550 g/mol. The predicted octanol–water partition coefficient (Wildman–Crippen LogP) is 6.95. The first kappa shape index (κ1) is 32.6. The lowest BCUT2D eigenvalue weighted by Crippen LogP contribution is -2.30. The zero-order valence-electron chi connectivity index (χ0n) is 24.7. The van der Waals surface area contributed by atoms with Gasteiger partial charge in [0.25, 0.3) is 0 Å². The average Bonchev–Trinajstić information content (AvgIpc) is 2.96. The molecule has 226 valence electrons. The molecule has 0 bridgehead atoms. The van der Waals surface area contributed by atoms with Crippen molar-refractivity contribution in [3.63, 3.8) is 0 Å². The molecule has 5 N–H and O–H groups in total. The van der Waals surface area contributed by atoms with Crippen LogP contribution in [0.15, 0.2) is 66.7 Å². The number of ether oxygens (including phenoxy) is 2. The first-order valence-corrected chi connectivity index (χ1v) is 17.2. The second-order valence-corrected chi connectivity index (χ2v) is 13.4. The van der Waals surface area contributed by atoms with Crippen molar-refractivity contribution in [3.05, 3.63) is 77.9 Å². The van der Waals surface area contributed by atoms with Crippen molar-refractivity contribution in [1.29, 1.82) is 0 Å². The average molecular weight is 594 g/mol. The van der Waals surface area contributed by atoms with E-state index in [9.17, 15) is 19.2 Å². The molecule has 0 aliphatic rings. The number of carbonyl (C=O) groups is 2. The Morgan fingerprint density at radius 3 is 1.50 bits per heavy atom. The van der Waals surface area contributed by atoms with Gasteiger partial charge in [0.15, 0.2) is 0 Å². The van der Waals surface area contributed by atoms with Crippen LogP contribution in [0.4, 0.5) is 28.4 Å². The molecule has 0 unspecified atom stereocenters. The second kappa shape index (κ2) is 16.5. The number of hydrogen-bond donors (Lipinski definition) is 5. The molecule has 0 heterocycles. The molecule has 0 atom stereocenters. The highest BCUT2D eigenvalue weighted by Crippen LogP contribution is 2.28. The molecule has 3 aromatic carbocycles. The maximum atomic E-state index is 12.2. The minimum atomic E-state index is -3.09. The lowest BCUT2D eigenvalue weighted by atomic mass is 10.1. The van der Waals surface area contributed by atoms with Gasteiger partial charge in [-0.05, 0) is 98.6 Å². The van der Waals surface area contributed by atoms with Gasteiger partial charge in [-0.15, -0.1) is 0 Å². The van der Waals surface area contributed by atoms with Gasteiger partial charge < -0.3 is 35.0 Å². The number of esters is 2. The molecule has 0 aromatic heterocycles. The van der Waals surface area contributed by atoms with E-state index in [1.165, 1.54) is 6.55 Å². The second-order valence-electron chi connectivity index (χ2n) is 10.4. The third kappa shape index (κ3) is 11.6. The summed E-state index contributed by atoms with van der Waals surface area (Å²) in [5.74, 6) is -0.671. The number of hydrogen-bond acceptors (Lipinski definition) is 9. The van der Waals surface area contributed by atoms with Gasteiger partial charge in [0.1, 0.15) is 0 Å². The number of rotatable bonds is 17. The van der Waals surface area contributed by atoms with E-state index in [-0.39, 0.29) is 11.9 Å². The fourth-order valence-corrected chi connectivity index (χ4v) is 4.87. The molecule has 0 aliphatic carbocycles. The summed E-state index contributed by atoms with van der Waals surface area (Å²) in [5.41, 5.74) is 5.05. The van der Waals surface area contributed by atoms with Crippen LogP contribution in [-0.2, 0) is 9.47 Å². The van der Waals surface area contributed by atoms with Gasteiger partial charge >= 0.3 is 20.5 Å². The Kier molecular flexibility index (Phi) is 12.9. The summed E-state index contributed by atoms with van der Waals surface area (Å²) in [4.78, 5) is 44.0. The smallest absolute Gasteiger partial charge is 0.338 e. The number of anilines is 5. The van der Waals surface area contributed by atoms with Crippen LogP contribution in [0, 0.1) is 0 Å². The van der Waals surface area contributed by atoms with Crippen LogP contribution in [0.3, 0.4) is 0 Å². The van der Waals surface area contributed by atoms with Crippen molar-refractivity contribution in [1.82, 2.24) is 0 Å². The molecule has 0 spiro atoms. The van der Waals surface area contributed by atoms with Crippen molar-refractivity contribution in [2.45, 2.75) is 58.5 Å². The Hall–Kier alpha value is -3.86. The van der Waals surface area contributed by atoms with Crippen LogP contribution >= 0.6 is 0 Å². The van der Waals surface area contributed by atoms with E-state index in [0.29, 0.717) is 43.4 Å². The number of unbranched alkanes of at least 4 members (excludes halogenated alkanes) is 2. The molecule has 9 nitrogen and oxygen atoms in total. The molecule has 0 saturated heterocycles. The van der Waals surface area contributed by atoms with Crippen molar-refractivity contribution >= 4 is 48.9 Å². The lowest BCUT2D eigenvalue weighted by molar-refractivity contribution is 0.0490. The summed E-state index contributed by atoms with van der Waals surface area (Å²) in [5, 5.41) is 10.1. The van der Waals surface area contributed by atoms with Gasteiger partial charge in [-0.3, -0.25) is 0 Å². The third-order valence-electron chi connectivity index (χ3n) is 6.37. The zero-order chi connectivity index (χ0) is 30.4. The maximum Gasteiger partial charge on any atom is 0.338 e. The molecule has 3 rings (SSSR count). The number of nitrogens with one attached hydrogen (secondary N) is 3. The molecule has 3 aromatic rings. The van der Waals surface area contributed by atoms with Crippen LogP contribution in [0.2, 0.25) is 12.6 Å². The lowest BCUT2D eigenvalue weighted by Gasteiger charge is -2.16. The Morgan fingerprint density at radius 1 is 0.667 bits per heavy atom. The molecular formula is C32H43N3O6Si. The Bertz CT molecular complexity index is 1190. The Morgan fingerprint density at radius 2 is 1.10 bits per heavy atom. The molecule has 0 amide bonds. The highest BCUT2D eigenvalue weighted by atomic mass is 28.4. The Labute approximate surface area is 249 Å². The summed E-state index contributed by atoms with van der Waals surface area (Å²) < 4.78 is 10.6. The van der Waals surface area contributed by atoms with E-state index in [0.717, 1.165) is 54.1 Å². The van der Waals surface area contributed by atoms with Crippen molar-refractivity contribution < 1.29 is 28.7 Å². The molecule has 0 saturated carbocycles. The summed E-state index contributed by atoms with van der Waals surface area (Å²) in [6.07, 6.45) is 4.22. The van der Waals surface area contributed by atoms with Gasteiger partial charge in [-0.2, -0.15) is 0 Å². The van der Waals surface area contributed by atoms with E-state index in [4.69, 9.17) is 9.47 Å². The minimum Gasteiger partial charge on any atom is -0.462 e. The van der Waals surface area contributed by atoms with E-state index >= 15 is 0 Å². The topological polar surface area (TPSA) is 129 Å². The van der Waals surface area contributed by atoms with Crippen molar-refractivity contribution in [2.24, 2.45) is 0 Å². The van der Waals surface area contributed by atoms with Crippen LogP contribution in [0.25, 0.3) is 0 Å². The fraction of sp³-hybridized carbons (Fsp3) is 0.375. The van der Waals surface area contributed by atoms with Crippen molar-refractivity contribution in [3.8, 4) is 0 Å². The molecule has 10 heteroatoms. The van der Waals surface area contributed by atoms with Gasteiger partial charge in [-0.1, -0.05) is 26.7 Å². The zero-order valence-corrected chi connectivity index (χ0v) is 25.7. The highest BCUT2D eigenvalue weighted by molar-refractivity contribution is 6.63. The minimum absolute atomic E-state index is 0.335. The summed E-state index contributed by atoms with van der Waals surface area (Å²) in [6, 6.07) is 20.5. The summed E-state index contributed by atoms with van der Waals surface area (Å²) >= 11 is 0.